The van der Waals surface area contributed by atoms with Crippen molar-refractivity contribution in [1.82, 2.24) is 24.2 Å². The number of hydrogen-bond acceptors (Lipinski definition) is 7. The number of aryl methyl sites for hydroxylation is 1. The molecule has 1 aliphatic heterocycles. The second-order valence-corrected chi connectivity index (χ2v) is 8.81. The van der Waals surface area contributed by atoms with E-state index in [-0.39, 0.29) is 4.90 Å². The van der Waals surface area contributed by atoms with Crippen LogP contribution in [0.4, 0.5) is 5.82 Å². The number of piperazine rings is 1. The summed E-state index contributed by atoms with van der Waals surface area (Å²) < 4.78 is 27.2. The number of hydrogen-bond donors (Lipinski definition) is 0. The quantitative estimate of drug-likeness (QED) is 0.650. The first kappa shape index (κ1) is 19.4. The summed E-state index contributed by atoms with van der Waals surface area (Å²) in [6, 6.07) is 8.85. The zero-order valence-electron chi connectivity index (χ0n) is 16.4. The highest BCUT2D eigenvalue weighted by Gasteiger charge is 2.30. The normalized spacial score (nSPS) is 15.4. The lowest BCUT2D eigenvalue weighted by Crippen LogP contribution is -2.49. The number of sulfonamides is 1. The van der Waals surface area contributed by atoms with Gasteiger partial charge in [0, 0.05) is 56.0 Å². The zero-order valence-corrected chi connectivity index (χ0v) is 17.2. The molecule has 150 valence electrons. The summed E-state index contributed by atoms with van der Waals surface area (Å²) in [6.07, 6.45) is 4.67. The summed E-state index contributed by atoms with van der Waals surface area (Å²) in [4.78, 5) is 19.9. The van der Waals surface area contributed by atoms with E-state index < -0.39 is 10.0 Å². The van der Waals surface area contributed by atoms with E-state index in [1.165, 1.54) is 10.5 Å². The molecule has 4 heterocycles. The summed E-state index contributed by atoms with van der Waals surface area (Å²) in [5.41, 5.74) is 2.60. The molecule has 0 bridgehead atoms. The van der Waals surface area contributed by atoms with Gasteiger partial charge in [-0.3, -0.25) is 9.97 Å². The van der Waals surface area contributed by atoms with Gasteiger partial charge in [0.2, 0.25) is 10.0 Å². The van der Waals surface area contributed by atoms with E-state index >= 15 is 0 Å². The second kappa shape index (κ2) is 7.84. The van der Waals surface area contributed by atoms with Crippen LogP contribution in [-0.4, -0.2) is 58.8 Å². The van der Waals surface area contributed by atoms with E-state index in [1.807, 2.05) is 32.0 Å². The van der Waals surface area contributed by atoms with Crippen molar-refractivity contribution in [1.29, 1.82) is 0 Å². The van der Waals surface area contributed by atoms with Gasteiger partial charge in [0.25, 0.3) is 0 Å². The number of nitrogens with zero attached hydrogens (tertiary/aromatic N) is 6. The van der Waals surface area contributed by atoms with Gasteiger partial charge in [0.05, 0.1) is 0 Å². The molecule has 0 atom stereocenters. The van der Waals surface area contributed by atoms with Crippen molar-refractivity contribution >= 4 is 15.8 Å². The van der Waals surface area contributed by atoms with E-state index in [9.17, 15) is 8.42 Å². The van der Waals surface area contributed by atoms with Gasteiger partial charge in [0.15, 0.2) is 5.82 Å². The van der Waals surface area contributed by atoms with Crippen molar-refractivity contribution in [2.75, 3.05) is 31.1 Å². The Morgan fingerprint density at radius 2 is 1.72 bits per heavy atom. The Morgan fingerprint density at radius 3 is 2.38 bits per heavy atom. The van der Waals surface area contributed by atoms with Crippen LogP contribution in [0.1, 0.15) is 11.3 Å². The number of pyridine rings is 2. The number of aromatic nitrogens is 4. The molecule has 8 nitrogen and oxygen atoms in total. The highest BCUT2D eigenvalue weighted by atomic mass is 32.2. The number of rotatable bonds is 4. The molecular formula is C20H22N6O2S. The minimum atomic E-state index is -3.54. The van der Waals surface area contributed by atoms with Crippen molar-refractivity contribution in [2.45, 2.75) is 18.7 Å². The molecule has 0 radical (unpaired) electrons. The average molecular weight is 411 g/mol. The Labute approximate surface area is 170 Å². The molecule has 0 unspecified atom stereocenters. The highest BCUT2D eigenvalue weighted by molar-refractivity contribution is 7.89. The Balaban J connectivity index is 1.57. The summed E-state index contributed by atoms with van der Waals surface area (Å²) >= 11 is 0. The van der Waals surface area contributed by atoms with Crippen LogP contribution in [0.15, 0.2) is 53.8 Å². The van der Waals surface area contributed by atoms with Gasteiger partial charge in [-0.05, 0) is 38.1 Å². The third kappa shape index (κ3) is 3.83. The van der Waals surface area contributed by atoms with Gasteiger partial charge < -0.3 is 4.90 Å². The van der Waals surface area contributed by atoms with E-state index in [4.69, 9.17) is 4.98 Å². The molecule has 3 aromatic heterocycles. The smallest absolute Gasteiger partial charge is 0.244 e. The van der Waals surface area contributed by atoms with Crippen molar-refractivity contribution in [2.24, 2.45) is 0 Å². The van der Waals surface area contributed by atoms with Crippen LogP contribution in [0.5, 0.6) is 0 Å². The predicted octanol–water partition coefficient (Wildman–Crippen LogP) is 2.06. The van der Waals surface area contributed by atoms with Crippen molar-refractivity contribution in [3.05, 3.63) is 60.2 Å². The predicted molar refractivity (Wildman–Crippen MR) is 110 cm³/mol. The van der Waals surface area contributed by atoms with Crippen LogP contribution >= 0.6 is 0 Å². The van der Waals surface area contributed by atoms with Gasteiger partial charge in [-0.1, -0.05) is 6.07 Å². The van der Waals surface area contributed by atoms with Crippen LogP contribution < -0.4 is 4.90 Å². The zero-order chi connectivity index (χ0) is 20.4. The Morgan fingerprint density at radius 1 is 0.931 bits per heavy atom. The first-order valence-corrected chi connectivity index (χ1v) is 10.8. The molecule has 1 fully saturated rings. The summed E-state index contributed by atoms with van der Waals surface area (Å²) in [5, 5.41) is 0. The average Bonchev–Trinajstić information content (AvgIpc) is 2.77. The van der Waals surface area contributed by atoms with Crippen molar-refractivity contribution < 1.29 is 8.42 Å². The molecule has 0 saturated carbocycles. The fourth-order valence-electron chi connectivity index (χ4n) is 3.32. The first-order chi connectivity index (χ1) is 14.0. The molecule has 4 rings (SSSR count). The molecule has 3 aromatic rings. The maximum absolute atomic E-state index is 12.8. The van der Waals surface area contributed by atoms with Crippen LogP contribution in [0, 0.1) is 13.8 Å². The van der Waals surface area contributed by atoms with E-state index in [0.29, 0.717) is 32.0 Å². The molecule has 1 saturated heterocycles. The van der Waals surface area contributed by atoms with Crippen LogP contribution in [0.25, 0.3) is 11.5 Å². The monoisotopic (exact) mass is 410 g/mol. The van der Waals surface area contributed by atoms with Gasteiger partial charge in [0.1, 0.15) is 16.4 Å². The van der Waals surface area contributed by atoms with E-state index in [0.717, 1.165) is 22.8 Å². The van der Waals surface area contributed by atoms with Gasteiger partial charge in [-0.15, -0.1) is 0 Å². The molecule has 9 heteroatoms. The molecule has 0 amide bonds. The molecular weight excluding hydrogens is 388 g/mol. The Hall–Kier alpha value is -2.91. The fraction of sp³-hybridized carbons (Fsp3) is 0.300. The standard InChI is InChI=1S/C20H22N6O2S/c1-15-16(2)23-19(18-7-3-4-9-22-18)24-20(15)25-10-12-26(13-11-25)29(27,28)17-6-5-8-21-14-17/h3-9,14H,10-13H2,1-2H3. The van der Waals surface area contributed by atoms with E-state index in [1.54, 1.807) is 24.5 Å². The molecule has 0 N–H and O–H groups in total. The van der Waals surface area contributed by atoms with Gasteiger partial charge in [-0.2, -0.15) is 4.31 Å². The van der Waals surface area contributed by atoms with E-state index in [2.05, 4.69) is 19.9 Å². The highest BCUT2D eigenvalue weighted by Crippen LogP contribution is 2.25. The molecule has 29 heavy (non-hydrogen) atoms. The topological polar surface area (TPSA) is 92.2 Å². The second-order valence-electron chi connectivity index (χ2n) is 6.88. The lowest BCUT2D eigenvalue weighted by atomic mass is 10.2. The van der Waals surface area contributed by atoms with Crippen molar-refractivity contribution in [3.63, 3.8) is 0 Å². The van der Waals surface area contributed by atoms with Crippen LogP contribution in [-0.2, 0) is 10.0 Å². The maximum Gasteiger partial charge on any atom is 0.244 e. The molecule has 1 aliphatic rings. The summed E-state index contributed by atoms with van der Waals surface area (Å²) in [6.45, 7) is 5.83. The fourth-order valence-corrected chi connectivity index (χ4v) is 4.71. The Kier molecular flexibility index (Phi) is 5.25. The van der Waals surface area contributed by atoms with Gasteiger partial charge >= 0.3 is 0 Å². The van der Waals surface area contributed by atoms with Crippen LogP contribution in [0.2, 0.25) is 0 Å². The molecule has 0 aliphatic carbocycles. The largest absolute Gasteiger partial charge is 0.354 e. The summed E-state index contributed by atoms with van der Waals surface area (Å²) in [5.74, 6) is 1.41. The lowest BCUT2D eigenvalue weighted by molar-refractivity contribution is 0.383. The van der Waals surface area contributed by atoms with Gasteiger partial charge in [-0.25, -0.2) is 18.4 Å². The third-order valence-corrected chi connectivity index (χ3v) is 6.95. The molecule has 0 aromatic carbocycles. The summed E-state index contributed by atoms with van der Waals surface area (Å²) in [7, 11) is -3.54. The maximum atomic E-state index is 12.8. The lowest BCUT2D eigenvalue weighted by Gasteiger charge is -2.35. The van der Waals surface area contributed by atoms with Crippen LogP contribution in [0.3, 0.4) is 0 Å². The SMILES string of the molecule is Cc1nc(-c2ccccn2)nc(N2CCN(S(=O)(=O)c3cccnc3)CC2)c1C. The Bertz CT molecular complexity index is 1100. The number of anilines is 1. The third-order valence-electron chi connectivity index (χ3n) is 5.07. The first-order valence-electron chi connectivity index (χ1n) is 9.38. The minimum absolute atomic E-state index is 0.222. The minimum Gasteiger partial charge on any atom is -0.354 e. The molecule has 0 spiro atoms. The van der Waals surface area contributed by atoms with Crippen molar-refractivity contribution in [3.8, 4) is 11.5 Å².